The maximum atomic E-state index is 9.26. The molecule has 0 saturated carbocycles. The molecule has 0 amide bonds. The summed E-state index contributed by atoms with van der Waals surface area (Å²) in [5, 5.41) is 13.2. The van der Waals surface area contributed by atoms with E-state index in [0.717, 1.165) is 17.0 Å². The molecule has 0 unspecified atom stereocenters. The van der Waals surface area contributed by atoms with Crippen LogP contribution in [-0.2, 0) is 6.54 Å². The molecule has 0 aliphatic carbocycles. The van der Waals surface area contributed by atoms with Crippen molar-refractivity contribution in [3.63, 3.8) is 0 Å². The van der Waals surface area contributed by atoms with Crippen LogP contribution in [0.5, 0.6) is 0 Å². The Morgan fingerprint density at radius 2 is 2.20 bits per heavy atom. The van der Waals surface area contributed by atoms with Gasteiger partial charge in [-0.25, -0.2) is 4.98 Å². The summed E-state index contributed by atoms with van der Waals surface area (Å²) in [6.45, 7) is 7.09. The topological polar surface area (TPSA) is 61.9 Å². The fourth-order valence-electron chi connectivity index (χ4n) is 1.59. The lowest BCUT2D eigenvalue weighted by atomic mass is 10.1. The van der Waals surface area contributed by atoms with Gasteiger partial charge >= 0.3 is 0 Å². The molecule has 20 heavy (non-hydrogen) atoms. The maximum Gasteiger partial charge on any atom is 0.260 e. The van der Waals surface area contributed by atoms with Gasteiger partial charge in [0.05, 0.1) is 11.8 Å². The quantitative estimate of drug-likeness (QED) is 0.931. The summed E-state index contributed by atoms with van der Waals surface area (Å²) in [5.74, 6) is 0. The van der Waals surface area contributed by atoms with E-state index in [4.69, 9.17) is 4.42 Å². The van der Waals surface area contributed by atoms with Crippen LogP contribution in [0, 0.1) is 11.3 Å². The number of hydrogen-bond donors (Lipinski definition) is 1. The molecular weight excluding hydrogens is 270 g/mol. The molecule has 0 aliphatic rings. The van der Waals surface area contributed by atoms with Gasteiger partial charge in [0.25, 0.3) is 5.22 Å². The monoisotopic (exact) mass is 287 g/mol. The number of hydrogen-bond acceptors (Lipinski definition) is 5. The van der Waals surface area contributed by atoms with E-state index in [1.54, 1.807) is 6.20 Å². The van der Waals surface area contributed by atoms with Gasteiger partial charge in [-0.3, -0.25) is 0 Å². The van der Waals surface area contributed by atoms with Gasteiger partial charge in [0.15, 0.2) is 0 Å². The van der Waals surface area contributed by atoms with E-state index in [0.29, 0.717) is 10.8 Å². The van der Waals surface area contributed by atoms with Crippen LogP contribution >= 0.6 is 11.8 Å². The Hall–Kier alpha value is -1.77. The van der Waals surface area contributed by atoms with Gasteiger partial charge in [-0.15, -0.1) is 0 Å². The van der Waals surface area contributed by atoms with E-state index < -0.39 is 0 Å². The first-order valence-corrected chi connectivity index (χ1v) is 7.15. The van der Waals surface area contributed by atoms with E-state index in [9.17, 15) is 5.26 Å². The summed E-state index contributed by atoms with van der Waals surface area (Å²) in [6, 6.07) is 8.09. The molecule has 4 nitrogen and oxygen atoms in total. The third-order valence-electron chi connectivity index (χ3n) is 2.59. The fraction of sp³-hybridized carbons (Fsp3) is 0.333. The molecule has 1 N–H and O–H groups in total. The third kappa shape index (κ3) is 4.12. The SMILES string of the molecule is CC(C)(C)NCc1ccc(Sc2ncco2)c(C#N)c1. The standard InChI is InChI=1S/C15H17N3OS/c1-15(2,3)18-10-11-4-5-13(12(8-11)9-16)20-14-17-6-7-19-14/h4-8,18H,10H2,1-3H3. The van der Waals surface area contributed by atoms with Crippen LogP contribution < -0.4 is 5.32 Å². The Balaban J connectivity index is 2.14. The van der Waals surface area contributed by atoms with Crippen LogP contribution in [0.4, 0.5) is 0 Å². The summed E-state index contributed by atoms with van der Waals surface area (Å²) in [6.07, 6.45) is 3.12. The minimum absolute atomic E-state index is 0.0539. The number of nitriles is 1. The van der Waals surface area contributed by atoms with Crippen molar-refractivity contribution in [2.75, 3.05) is 0 Å². The average Bonchev–Trinajstić information content (AvgIpc) is 2.89. The number of aromatic nitrogens is 1. The molecule has 2 aromatic rings. The second kappa shape index (κ2) is 6.12. The van der Waals surface area contributed by atoms with E-state index in [1.807, 2.05) is 18.2 Å². The Bertz CT molecular complexity index is 609. The van der Waals surface area contributed by atoms with Gasteiger partial charge in [0.1, 0.15) is 12.3 Å². The van der Waals surface area contributed by atoms with Gasteiger partial charge in [0.2, 0.25) is 0 Å². The lowest BCUT2D eigenvalue weighted by Gasteiger charge is -2.20. The fourth-order valence-corrected chi connectivity index (χ4v) is 2.34. The number of benzene rings is 1. The minimum atomic E-state index is 0.0539. The van der Waals surface area contributed by atoms with Crippen molar-refractivity contribution >= 4 is 11.8 Å². The van der Waals surface area contributed by atoms with Crippen molar-refractivity contribution in [1.82, 2.24) is 10.3 Å². The molecule has 0 atom stereocenters. The van der Waals surface area contributed by atoms with E-state index in [-0.39, 0.29) is 5.54 Å². The predicted octanol–water partition coefficient (Wildman–Crippen LogP) is 3.59. The van der Waals surface area contributed by atoms with E-state index in [1.165, 1.54) is 18.0 Å². The van der Waals surface area contributed by atoms with Crippen molar-refractivity contribution < 1.29 is 4.42 Å². The first-order valence-electron chi connectivity index (χ1n) is 6.33. The molecule has 1 aromatic carbocycles. The first-order chi connectivity index (χ1) is 9.48. The van der Waals surface area contributed by atoms with Crippen LogP contribution in [0.1, 0.15) is 31.9 Å². The van der Waals surface area contributed by atoms with Crippen molar-refractivity contribution in [1.29, 1.82) is 5.26 Å². The highest BCUT2D eigenvalue weighted by Crippen LogP contribution is 2.29. The molecule has 5 heteroatoms. The lowest BCUT2D eigenvalue weighted by Crippen LogP contribution is -2.35. The Labute approximate surface area is 123 Å². The minimum Gasteiger partial charge on any atom is -0.440 e. The van der Waals surface area contributed by atoms with Crippen LogP contribution in [-0.4, -0.2) is 10.5 Å². The number of rotatable bonds is 4. The van der Waals surface area contributed by atoms with Crippen LogP contribution in [0.25, 0.3) is 0 Å². The zero-order valence-electron chi connectivity index (χ0n) is 11.8. The van der Waals surface area contributed by atoms with Crippen LogP contribution in [0.3, 0.4) is 0 Å². The number of nitrogens with one attached hydrogen (secondary N) is 1. The summed E-state index contributed by atoms with van der Waals surface area (Å²) in [7, 11) is 0. The van der Waals surface area contributed by atoms with Gasteiger partial charge < -0.3 is 9.73 Å². The Kier molecular flexibility index (Phi) is 4.48. The second-order valence-electron chi connectivity index (χ2n) is 5.45. The van der Waals surface area contributed by atoms with Gasteiger partial charge in [-0.05, 0) is 50.2 Å². The van der Waals surface area contributed by atoms with Crippen molar-refractivity contribution in [2.24, 2.45) is 0 Å². The smallest absolute Gasteiger partial charge is 0.260 e. The number of nitrogens with zero attached hydrogens (tertiary/aromatic N) is 2. The van der Waals surface area contributed by atoms with E-state index in [2.05, 4.69) is 37.1 Å². The molecule has 1 aromatic heterocycles. The summed E-state index contributed by atoms with van der Waals surface area (Å²) in [4.78, 5) is 4.91. The van der Waals surface area contributed by atoms with Gasteiger partial charge in [-0.1, -0.05) is 6.07 Å². The molecule has 0 aliphatic heterocycles. The van der Waals surface area contributed by atoms with Crippen LogP contribution in [0.2, 0.25) is 0 Å². The molecule has 2 rings (SSSR count). The van der Waals surface area contributed by atoms with E-state index >= 15 is 0 Å². The molecule has 0 saturated heterocycles. The Morgan fingerprint density at radius 3 is 2.80 bits per heavy atom. The van der Waals surface area contributed by atoms with Crippen molar-refractivity contribution in [2.45, 2.75) is 43.0 Å². The third-order valence-corrected chi connectivity index (χ3v) is 3.55. The first kappa shape index (κ1) is 14.6. The zero-order valence-corrected chi connectivity index (χ0v) is 12.6. The molecule has 104 valence electrons. The van der Waals surface area contributed by atoms with Crippen LogP contribution in [0.15, 0.2) is 45.2 Å². The van der Waals surface area contributed by atoms with Gasteiger partial charge in [-0.2, -0.15) is 5.26 Å². The molecule has 0 spiro atoms. The summed E-state index contributed by atoms with van der Waals surface area (Å²) < 4.78 is 5.19. The molecule has 0 radical (unpaired) electrons. The predicted molar refractivity (Wildman–Crippen MR) is 78.4 cm³/mol. The Morgan fingerprint density at radius 1 is 1.40 bits per heavy atom. The highest BCUT2D eigenvalue weighted by atomic mass is 32.2. The maximum absolute atomic E-state index is 9.26. The molecule has 0 fully saturated rings. The highest BCUT2D eigenvalue weighted by molar-refractivity contribution is 7.99. The molecule has 0 bridgehead atoms. The molecular formula is C15H17N3OS. The largest absolute Gasteiger partial charge is 0.440 e. The summed E-state index contributed by atoms with van der Waals surface area (Å²) in [5.41, 5.74) is 1.79. The normalized spacial score (nSPS) is 11.3. The lowest BCUT2D eigenvalue weighted by molar-refractivity contribution is 0.424. The number of oxazole rings is 1. The molecule has 1 heterocycles. The van der Waals surface area contributed by atoms with Gasteiger partial charge in [0, 0.05) is 17.0 Å². The highest BCUT2D eigenvalue weighted by Gasteiger charge is 2.11. The van der Waals surface area contributed by atoms with Crippen molar-refractivity contribution in [3.05, 3.63) is 41.8 Å². The average molecular weight is 287 g/mol. The second-order valence-corrected chi connectivity index (χ2v) is 6.44. The summed E-state index contributed by atoms with van der Waals surface area (Å²) >= 11 is 1.36. The zero-order chi connectivity index (χ0) is 14.6. The van der Waals surface area contributed by atoms with Crippen molar-refractivity contribution in [3.8, 4) is 6.07 Å².